The number of nitrogens with zero attached hydrogens (tertiary/aromatic N) is 8. The maximum atomic E-state index is 16.7. The molecule has 10 nitrogen and oxygen atoms in total. The van der Waals surface area contributed by atoms with Gasteiger partial charge in [0.15, 0.2) is 5.82 Å². The molecule has 4 aliphatic rings. The molecule has 45 heavy (non-hydrogen) atoms. The first-order chi connectivity index (χ1) is 21.9. The predicted octanol–water partition coefficient (Wildman–Crippen LogP) is 4.18. The molecular formula is C33H36F2N8O2. The summed E-state index contributed by atoms with van der Waals surface area (Å²) in [6.45, 7) is 13.7. The second-order valence-corrected chi connectivity index (χ2v) is 12.6. The van der Waals surface area contributed by atoms with Crippen LogP contribution in [0.3, 0.4) is 0 Å². The monoisotopic (exact) mass is 614 g/mol. The molecule has 6 heterocycles. The average Bonchev–Trinajstić information content (AvgIpc) is 3.59. The summed E-state index contributed by atoms with van der Waals surface area (Å²) in [6.07, 6.45) is 11.5. The van der Waals surface area contributed by atoms with Crippen molar-refractivity contribution in [2.24, 2.45) is 0 Å². The summed E-state index contributed by atoms with van der Waals surface area (Å²) in [7, 11) is 0. The minimum absolute atomic E-state index is 0.0108. The number of aromatic nitrogens is 4. The number of carbonyl (C=O) groups excluding carboxylic acids is 1. The van der Waals surface area contributed by atoms with Crippen molar-refractivity contribution in [2.75, 3.05) is 50.8 Å². The predicted molar refractivity (Wildman–Crippen MR) is 165 cm³/mol. The van der Waals surface area contributed by atoms with Crippen LogP contribution in [0.5, 0.6) is 6.01 Å². The molecule has 0 radical (unpaired) electrons. The van der Waals surface area contributed by atoms with Crippen molar-refractivity contribution >= 4 is 22.6 Å². The first-order valence-electron chi connectivity index (χ1n) is 15.8. The van der Waals surface area contributed by atoms with E-state index in [-0.39, 0.29) is 36.3 Å². The molecule has 3 aliphatic heterocycles. The molecule has 0 saturated carbocycles. The zero-order chi connectivity index (χ0) is 31.1. The van der Waals surface area contributed by atoms with E-state index >= 15 is 4.39 Å². The Hall–Kier alpha value is -4.24. The van der Waals surface area contributed by atoms with Crippen LogP contribution < -0.4 is 9.64 Å². The third-order valence-corrected chi connectivity index (χ3v) is 9.94. The van der Waals surface area contributed by atoms with Gasteiger partial charge in [-0.3, -0.25) is 19.7 Å². The summed E-state index contributed by atoms with van der Waals surface area (Å²) in [6, 6.07) is -0.391. The molecule has 0 bridgehead atoms. The molecule has 12 heteroatoms. The molecule has 3 saturated heterocycles. The van der Waals surface area contributed by atoms with Crippen LogP contribution in [0.25, 0.3) is 27.0 Å². The fraction of sp³-hybridized carbons (Fsp3) is 0.515. The van der Waals surface area contributed by atoms with Gasteiger partial charge in [0, 0.05) is 56.8 Å². The van der Waals surface area contributed by atoms with Crippen molar-refractivity contribution in [3.8, 4) is 17.3 Å². The molecule has 1 aliphatic carbocycles. The van der Waals surface area contributed by atoms with Gasteiger partial charge in [-0.05, 0) is 62.3 Å². The van der Waals surface area contributed by atoms with Crippen LogP contribution in [0.15, 0.2) is 31.2 Å². The SMILES string of the molecule is [C-]#[N+]C[C@H]1CN(c2nc(OC[C@@]34CCCN3C[C@H](F)C4)nc3c(F)c(-c4cncc5c4CCCC5)ncc23)CCN1C(=O)C=C. The molecule has 0 unspecified atom stereocenters. The van der Waals surface area contributed by atoms with Gasteiger partial charge in [-0.1, -0.05) is 6.58 Å². The van der Waals surface area contributed by atoms with E-state index in [1.165, 1.54) is 6.08 Å². The van der Waals surface area contributed by atoms with Gasteiger partial charge < -0.3 is 19.4 Å². The highest BCUT2D eigenvalue weighted by atomic mass is 19.1. The van der Waals surface area contributed by atoms with Gasteiger partial charge in [-0.2, -0.15) is 9.97 Å². The number of aryl methyl sites for hydroxylation is 1. The number of amides is 1. The van der Waals surface area contributed by atoms with Gasteiger partial charge in [-0.25, -0.2) is 15.4 Å². The van der Waals surface area contributed by atoms with Crippen molar-refractivity contribution in [3.63, 3.8) is 0 Å². The molecule has 3 aromatic rings. The number of piperazine rings is 1. The number of alkyl halides is 1. The lowest BCUT2D eigenvalue weighted by Crippen LogP contribution is -2.56. The van der Waals surface area contributed by atoms with Gasteiger partial charge in [0.05, 0.1) is 10.9 Å². The molecule has 3 fully saturated rings. The van der Waals surface area contributed by atoms with E-state index in [0.29, 0.717) is 49.4 Å². The molecule has 0 N–H and O–H groups in total. The second-order valence-electron chi connectivity index (χ2n) is 12.6. The van der Waals surface area contributed by atoms with E-state index in [2.05, 4.69) is 31.3 Å². The molecule has 0 aromatic carbocycles. The Morgan fingerprint density at radius 3 is 2.87 bits per heavy atom. The second kappa shape index (κ2) is 11.9. The van der Waals surface area contributed by atoms with Crippen molar-refractivity contribution in [2.45, 2.75) is 62.7 Å². The zero-order valence-electron chi connectivity index (χ0n) is 25.2. The number of rotatable bonds is 7. The lowest BCUT2D eigenvalue weighted by molar-refractivity contribution is -0.128. The summed E-state index contributed by atoms with van der Waals surface area (Å²) in [5, 5.41) is 0.414. The van der Waals surface area contributed by atoms with Crippen molar-refractivity contribution in [1.82, 2.24) is 29.7 Å². The van der Waals surface area contributed by atoms with Gasteiger partial charge >= 0.3 is 6.01 Å². The minimum atomic E-state index is -0.910. The van der Waals surface area contributed by atoms with E-state index in [1.54, 1.807) is 17.3 Å². The highest BCUT2D eigenvalue weighted by molar-refractivity contribution is 5.92. The number of hydrogen-bond donors (Lipinski definition) is 0. The van der Waals surface area contributed by atoms with Crippen LogP contribution in [0.2, 0.25) is 0 Å². The smallest absolute Gasteiger partial charge is 0.319 e. The number of fused-ring (bicyclic) bond motifs is 3. The zero-order valence-corrected chi connectivity index (χ0v) is 25.2. The van der Waals surface area contributed by atoms with E-state index < -0.39 is 23.6 Å². The van der Waals surface area contributed by atoms with Gasteiger partial charge in [0.25, 0.3) is 0 Å². The lowest BCUT2D eigenvalue weighted by atomic mass is 9.89. The van der Waals surface area contributed by atoms with Crippen molar-refractivity contribution in [3.05, 3.63) is 59.6 Å². The number of anilines is 1. The Bertz CT molecular complexity index is 1700. The van der Waals surface area contributed by atoms with E-state index in [9.17, 15) is 9.18 Å². The summed E-state index contributed by atoms with van der Waals surface area (Å²) in [5.74, 6) is -0.386. The van der Waals surface area contributed by atoms with E-state index in [4.69, 9.17) is 16.3 Å². The van der Waals surface area contributed by atoms with Gasteiger partial charge in [0.1, 0.15) is 35.8 Å². The Morgan fingerprint density at radius 2 is 2.02 bits per heavy atom. The normalized spacial score (nSPS) is 24.7. The number of hydrogen-bond acceptors (Lipinski definition) is 8. The van der Waals surface area contributed by atoms with Crippen LogP contribution >= 0.6 is 0 Å². The first-order valence-corrected chi connectivity index (χ1v) is 15.8. The molecule has 0 spiro atoms. The minimum Gasteiger partial charge on any atom is -0.461 e. The maximum Gasteiger partial charge on any atom is 0.319 e. The molecule has 1 amide bonds. The van der Waals surface area contributed by atoms with Crippen molar-refractivity contribution in [1.29, 1.82) is 0 Å². The highest BCUT2D eigenvalue weighted by Gasteiger charge is 2.49. The average molecular weight is 615 g/mol. The van der Waals surface area contributed by atoms with Crippen LogP contribution in [0.4, 0.5) is 14.6 Å². The topological polar surface area (TPSA) is 91.9 Å². The first kappa shape index (κ1) is 29.5. The fourth-order valence-electron chi connectivity index (χ4n) is 7.74. The Morgan fingerprint density at radius 1 is 1.16 bits per heavy atom. The largest absolute Gasteiger partial charge is 0.461 e. The third kappa shape index (κ3) is 5.27. The van der Waals surface area contributed by atoms with Crippen LogP contribution in [0.1, 0.15) is 43.2 Å². The molecule has 3 aromatic heterocycles. The lowest BCUT2D eigenvalue weighted by Gasteiger charge is -2.39. The maximum absolute atomic E-state index is 16.7. The van der Waals surface area contributed by atoms with E-state index in [1.807, 2.05) is 11.1 Å². The number of halogens is 2. The fourth-order valence-corrected chi connectivity index (χ4v) is 7.74. The summed E-state index contributed by atoms with van der Waals surface area (Å²) in [5.41, 5.74) is 2.70. The van der Waals surface area contributed by atoms with Crippen LogP contribution in [-0.4, -0.2) is 99.3 Å². The quantitative estimate of drug-likeness (QED) is 0.289. The summed E-state index contributed by atoms with van der Waals surface area (Å²) >= 11 is 0. The Labute approximate surface area is 260 Å². The molecule has 7 rings (SSSR count). The molecule has 3 atom stereocenters. The van der Waals surface area contributed by atoms with E-state index in [0.717, 1.165) is 56.2 Å². The number of carbonyl (C=O) groups is 1. The Balaban J connectivity index is 1.30. The number of ether oxygens (including phenoxy) is 1. The molecular weight excluding hydrogens is 578 g/mol. The van der Waals surface area contributed by atoms with Gasteiger partial charge in [-0.15, -0.1) is 0 Å². The third-order valence-electron chi connectivity index (χ3n) is 9.94. The van der Waals surface area contributed by atoms with Crippen molar-refractivity contribution < 1.29 is 18.3 Å². The number of pyridine rings is 2. The molecule has 234 valence electrons. The van der Waals surface area contributed by atoms with Crippen LogP contribution in [0, 0.1) is 12.4 Å². The Kier molecular flexibility index (Phi) is 7.81. The highest BCUT2D eigenvalue weighted by Crippen LogP contribution is 2.41. The summed E-state index contributed by atoms with van der Waals surface area (Å²) < 4.78 is 37.4. The van der Waals surface area contributed by atoms with Crippen LogP contribution in [-0.2, 0) is 17.6 Å². The standard InChI is InChI=1S/C33H36F2N8O2/c1-3-27(44)43-12-11-41(19-23(43)15-36-2)31-26-17-38-29(25-16-37-14-21-7-4-5-8-24(21)25)28(35)30(26)39-32(40-31)45-20-33-9-6-10-42(33)18-22(34)13-33/h3,14,16-17,22-23H,1,4-13,15,18-20H2/t22-,23+,33+/m1/s1. The van der Waals surface area contributed by atoms with Gasteiger partial charge in [0.2, 0.25) is 12.5 Å². The summed E-state index contributed by atoms with van der Waals surface area (Å²) in [4.78, 5) is 40.2.